The number of aromatic amines is 1. The summed E-state index contributed by atoms with van der Waals surface area (Å²) >= 11 is 0. The maximum absolute atomic E-state index is 12.9. The standard InChI is InChI=1S/C22H21N5O2/c1-2-26(15-20-24-19-7-4-3-6-18(19)21(28)25-20)22(29)17-10-8-16(9-11-17)14-27-13-5-12-23-27/h3-13H,2,14-15H2,1H3,(H,24,25,28). The number of nitrogens with one attached hydrogen (secondary N) is 1. The van der Waals surface area contributed by atoms with E-state index in [-0.39, 0.29) is 18.0 Å². The third kappa shape index (κ3) is 4.08. The van der Waals surface area contributed by atoms with Crippen molar-refractivity contribution in [2.45, 2.75) is 20.0 Å². The zero-order valence-electron chi connectivity index (χ0n) is 16.1. The van der Waals surface area contributed by atoms with Gasteiger partial charge in [0, 0.05) is 24.5 Å². The summed E-state index contributed by atoms with van der Waals surface area (Å²) in [5.74, 6) is 0.369. The van der Waals surface area contributed by atoms with Crippen LogP contribution in [0.4, 0.5) is 0 Å². The van der Waals surface area contributed by atoms with Crippen molar-refractivity contribution in [2.75, 3.05) is 6.54 Å². The minimum absolute atomic E-state index is 0.103. The molecule has 0 spiro atoms. The first-order chi connectivity index (χ1) is 14.1. The summed E-state index contributed by atoms with van der Waals surface area (Å²) in [5, 5.41) is 4.73. The molecule has 0 fully saturated rings. The van der Waals surface area contributed by atoms with Gasteiger partial charge < -0.3 is 9.88 Å². The molecule has 0 saturated heterocycles. The fourth-order valence-corrected chi connectivity index (χ4v) is 3.23. The van der Waals surface area contributed by atoms with Crippen LogP contribution in [0.3, 0.4) is 0 Å². The lowest BCUT2D eigenvalue weighted by molar-refractivity contribution is 0.0748. The number of para-hydroxylation sites is 1. The van der Waals surface area contributed by atoms with Crippen molar-refractivity contribution >= 4 is 16.8 Å². The van der Waals surface area contributed by atoms with Crippen LogP contribution < -0.4 is 5.56 Å². The van der Waals surface area contributed by atoms with Crippen molar-refractivity contribution in [1.29, 1.82) is 0 Å². The van der Waals surface area contributed by atoms with Crippen molar-refractivity contribution < 1.29 is 4.79 Å². The van der Waals surface area contributed by atoms with Gasteiger partial charge >= 0.3 is 0 Å². The van der Waals surface area contributed by atoms with Crippen LogP contribution in [0.2, 0.25) is 0 Å². The minimum atomic E-state index is -0.197. The maximum Gasteiger partial charge on any atom is 0.258 e. The van der Waals surface area contributed by atoms with Gasteiger partial charge in [0.1, 0.15) is 5.82 Å². The molecule has 4 aromatic rings. The van der Waals surface area contributed by atoms with Gasteiger partial charge in [0.2, 0.25) is 0 Å². The largest absolute Gasteiger partial charge is 0.331 e. The predicted molar refractivity (Wildman–Crippen MR) is 111 cm³/mol. The van der Waals surface area contributed by atoms with Crippen LogP contribution in [0.15, 0.2) is 71.8 Å². The van der Waals surface area contributed by atoms with Crippen molar-refractivity contribution in [3.8, 4) is 0 Å². The highest BCUT2D eigenvalue weighted by atomic mass is 16.2. The summed E-state index contributed by atoms with van der Waals surface area (Å²) in [4.78, 5) is 34.2. The molecule has 7 heteroatoms. The van der Waals surface area contributed by atoms with E-state index in [1.165, 1.54) is 0 Å². The number of aromatic nitrogens is 4. The molecule has 7 nitrogen and oxygen atoms in total. The number of rotatable bonds is 6. The average Bonchev–Trinajstić information content (AvgIpc) is 3.25. The molecule has 1 amide bonds. The summed E-state index contributed by atoms with van der Waals surface area (Å²) in [6.07, 6.45) is 3.64. The fraction of sp³-hybridized carbons (Fsp3) is 0.182. The number of amides is 1. The van der Waals surface area contributed by atoms with Gasteiger partial charge in [0.15, 0.2) is 0 Å². The Balaban J connectivity index is 1.51. The second-order valence-corrected chi connectivity index (χ2v) is 6.75. The molecule has 2 aromatic carbocycles. The molecule has 29 heavy (non-hydrogen) atoms. The van der Waals surface area contributed by atoms with Crippen molar-refractivity contribution in [3.05, 3.63) is 94.3 Å². The summed E-state index contributed by atoms with van der Waals surface area (Å²) in [6.45, 7) is 3.30. The van der Waals surface area contributed by atoms with Gasteiger partial charge in [-0.3, -0.25) is 14.3 Å². The number of hydrogen-bond acceptors (Lipinski definition) is 4. The van der Waals surface area contributed by atoms with Crippen molar-refractivity contribution in [3.63, 3.8) is 0 Å². The number of carbonyl (C=O) groups excluding carboxylic acids is 1. The smallest absolute Gasteiger partial charge is 0.258 e. The van der Waals surface area contributed by atoms with Crippen LogP contribution >= 0.6 is 0 Å². The molecule has 0 aliphatic carbocycles. The highest BCUT2D eigenvalue weighted by molar-refractivity contribution is 5.94. The normalized spacial score (nSPS) is 10.9. The summed E-state index contributed by atoms with van der Waals surface area (Å²) in [6, 6.07) is 16.5. The van der Waals surface area contributed by atoms with Crippen LogP contribution in [0.25, 0.3) is 10.9 Å². The highest BCUT2D eigenvalue weighted by Gasteiger charge is 2.16. The van der Waals surface area contributed by atoms with E-state index >= 15 is 0 Å². The maximum atomic E-state index is 12.9. The third-order valence-electron chi connectivity index (χ3n) is 4.78. The molecule has 0 aliphatic rings. The molecule has 0 unspecified atom stereocenters. The van der Waals surface area contributed by atoms with Gasteiger partial charge in [-0.1, -0.05) is 24.3 Å². The van der Waals surface area contributed by atoms with E-state index in [2.05, 4.69) is 15.1 Å². The Bertz CT molecular complexity index is 1180. The molecule has 146 valence electrons. The first kappa shape index (κ1) is 18.6. The monoisotopic (exact) mass is 387 g/mol. The fourth-order valence-electron chi connectivity index (χ4n) is 3.23. The van der Waals surface area contributed by atoms with Crippen LogP contribution in [-0.4, -0.2) is 37.1 Å². The van der Waals surface area contributed by atoms with Gasteiger partial charge in [-0.05, 0) is 42.8 Å². The molecule has 1 N–H and O–H groups in total. The Hall–Kier alpha value is -3.74. The minimum Gasteiger partial charge on any atom is -0.331 e. The zero-order chi connectivity index (χ0) is 20.2. The predicted octanol–water partition coefficient (Wildman–Crippen LogP) is 2.83. The van der Waals surface area contributed by atoms with Gasteiger partial charge in [0.25, 0.3) is 11.5 Å². The quantitative estimate of drug-likeness (QED) is 0.551. The topological polar surface area (TPSA) is 83.9 Å². The van der Waals surface area contributed by atoms with E-state index in [0.29, 0.717) is 35.4 Å². The zero-order valence-corrected chi connectivity index (χ0v) is 16.1. The van der Waals surface area contributed by atoms with Gasteiger partial charge in [-0.15, -0.1) is 0 Å². The first-order valence-corrected chi connectivity index (χ1v) is 9.47. The summed E-state index contributed by atoms with van der Waals surface area (Å²) in [7, 11) is 0. The Morgan fingerprint density at radius 1 is 1.10 bits per heavy atom. The first-order valence-electron chi connectivity index (χ1n) is 9.47. The molecular weight excluding hydrogens is 366 g/mol. The van der Waals surface area contributed by atoms with E-state index < -0.39 is 0 Å². The SMILES string of the molecule is CCN(Cc1nc2ccccc2c(=O)[nH]1)C(=O)c1ccc(Cn2cccn2)cc1. The number of fused-ring (bicyclic) bond motifs is 1. The molecule has 4 rings (SSSR count). The third-order valence-corrected chi connectivity index (χ3v) is 4.78. The molecule has 0 aliphatic heterocycles. The average molecular weight is 387 g/mol. The highest BCUT2D eigenvalue weighted by Crippen LogP contribution is 2.12. The van der Waals surface area contributed by atoms with E-state index in [4.69, 9.17) is 0 Å². The Labute approximate surface area is 167 Å². The van der Waals surface area contributed by atoms with Gasteiger partial charge in [-0.2, -0.15) is 5.10 Å². The van der Waals surface area contributed by atoms with Crippen molar-refractivity contribution in [1.82, 2.24) is 24.6 Å². The lowest BCUT2D eigenvalue weighted by Gasteiger charge is -2.20. The number of hydrogen-bond donors (Lipinski definition) is 1. The van der Waals surface area contributed by atoms with Crippen LogP contribution in [0, 0.1) is 0 Å². The second-order valence-electron chi connectivity index (χ2n) is 6.75. The van der Waals surface area contributed by atoms with E-state index in [9.17, 15) is 9.59 Å². The Morgan fingerprint density at radius 3 is 2.62 bits per heavy atom. The van der Waals surface area contributed by atoms with Crippen LogP contribution in [0.1, 0.15) is 28.7 Å². The molecule has 2 aromatic heterocycles. The number of nitrogens with zero attached hydrogens (tertiary/aromatic N) is 4. The van der Waals surface area contributed by atoms with Crippen LogP contribution in [-0.2, 0) is 13.1 Å². The van der Waals surface area contributed by atoms with E-state index in [1.807, 2.05) is 54.2 Å². The second kappa shape index (κ2) is 8.10. The van der Waals surface area contributed by atoms with Crippen molar-refractivity contribution in [2.24, 2.45) is 0 Å². The lowest BCUT2D eigenvalue weighted by atomic mass is 10.1. The summed E-state index contributed by atoms with van der Waals surface area (Å²) in [5.41, 5.74) is 2.09. The van der Waals surface area contributed by atoms with E-state index in [1.54, 1.807) is 29.3 Å². The van der Waals surface area contributed by atoms with Gasteiger partial charge in [0.05, 0.1) is 24.0 Å². The van der Waals surface area contributed by atoms with Gasteiger partial charge in [-0.25, -0.2) is 4.98 Å². The number of carbonyl (C=O) groups is 1. The number of H-pyrrole nitrogens is 1. The molecule has 0 saturated carbocycles. The number of benzene rings is 2. The molecule has 2 heterocycles. The molecular formula is C22H21N5O2. The summed E-state index contributed by atoms with van der Waals surface area (Å²) < 4.78 is 1.83. The molecule has 0 atom stereocenters. The Morgan fingerprint density at radius 2 is 1.90 bits per heavy atom. The molecule has 0 radical (unpaired) electrons. The van der Waals surface area contributed by atoms with Crippen LogP contribution in [0.5, 0.6) is 0 Å². The lowest BCUT2D eigenvalue weighted by Crippen LogP contribution is -2.32. The Kier molecular flexibility index (Phi) is 5.20. The van der Waals surface area contributed by atoms with E-state index in [0.717, 1.165) is 5.56 Å². The molecule has 0 bridgehead atoms.